The maximum Gasteiger partial charge on any atom is 0.161 e. The van der Waals surface area contributed by atoms with Gasteiger partial charge < -0.3 is 5.32 Å². The zero-order valence-electron chi connectivity index (χ0n) is 14.3. The molecule has 1 aliphatic heterocycles. The lowest BCUT2D eigenvalue weighted by Crippen LogP contribution is -2.27. The van der Waals surface area contributed by atoms with Crippen molar-refractivity contribution in [2.24, 2.45) is 0 Å². The van der Waals surface area contributed by atoms with Crippen LogP contribution >= 0.6 is 11.6 Å². The van der Waals surface area contributed by atoms with Crippen molar-refractivity contribution in [1.29, 1.82) is 0 Å². The van der Waals surface area contributed by atoms with E-state index >= 15 is 0 Å². The van der Waals surface area contributed by atoms with Gasteiger partial charge in [0.05, 0.1) is 6.04 Å². The van der Waals surface area contributed by atoms with Crippen LogP contribution in [0.2, 0.25) is 5.02 Å². The summed E-state index contributed by atoms with van der Waals surface area (Å²) in [5.74, 6) is 0.261. The molecule has 3 aromatic rings. The monoisotopic (exact) mass is 359 g/mol. The number of ketones is 1. The van der Waals surface area contributed by atoms with E-state index in [0.717, 1.165) is 29.7 Å². The van der Waals surface area contributed by atoms with E-state index in [0.29, 0.717) is 11.4 Å². The van der Waals surface area contributed by atoms with Gasteiger partial charge in [0.1, 0.15) is 0 Å². The first-order valence-electron chi connectivity index (χ1n) is 9.03. The number of carbonyl (C=O) groups excluding carboxylic acids is 1. The smallest absolute Gasteiger partial charge is 0.161 e. The van der Waals surface area contributed by atoms with E-state index in [2.05, 4.69) is 41.7 Å². The second-order valence-corrected chi connectivity index (χ2v) is 7.44. The molecule has 2 nitrogen and oxygen atoms in total. The predicted octanol–water partition coefficient (Wildman–Crippen LogP) is 6.17. The van der Waals surface area contributed by atoms with Gasteiger partial charge >= 0.3 is 0 Å². The van der Waals surface area contributed by atoms with Crippen LogP contribution in [0.4, 0.5) is 5.69 Å². The molecule has 128 valence electrons. The highest BCUT2D eigenvalue weighted by Crippen LogP contribution is 2.47. The van der Waals surface area contributed by atoms with Crippen molar-refractivity contribution in [3.05, 3.63) is 82.4 Å². The van der Waals surface area contributed by atoms with Gasteiger partial charge in [0, 0.05) is 28.3 Å². The Morgan fingerprint density at radius 3 is 2.58 bits per heavy atom. The Labute approximate surface area is 157 Å². The fourth-order valence-electron chi connectivity index (χ4n) is 4.31. The normalized spacial score (nSPS) is 19.1. The minimum Gasteiger partial charge on any atom is -0.373 e. The summed E-state index contributed by atoms with van der Waals surface area (Å²) in [6.07, 6.45) is 2.51. The SMILES string of the molecule is O=C1CCCC2=C1[C@@H](c1ccc(Cl)cc1)Nc1ccc3ccccc3c12. The first-order valence-corrected chi connectivity index (χ1v) is 9.40. The lowest BCUT2D eigenvalue weighted by molar-refractivity contribution is -0.116. The van der Waals surface area contributed by atoms with Gasteiger partial charge in [-0.2, -0.15) is 0 Å². The topological polar surface area (TPSA) is 29.1 Å². The highest BCUT2D eigenvalue weighted by molar-refractivity contribution is 6.30. The lowest BCUT2D eigenvalue weighted by Gasteiger charge is -2.35. The second-order valence-electron chi connectivity index (χ2n) is 7.01. The maximum atomic E-state index is 12.9. The van der Waals surface area contributed by atoms with E-state index in [9.17, 15) is 4.79 Å². The van der Waals surface area contributed by atoms with Crippen molar-refractivity contribution in [3.63, 3.8) is 0 Å². The average Bonchev–Trinajstić information content (AvgIpc) is 2.68. The summed E-state index contributed by atoms with van der Waals surface area (Å²) in [6.45, 7) is 0. The average molecular weight is 360 g/mol. The molecule has 0 amide bonds. The van der Waals surface area contributed by atoms with Crippen molar-refractivity contribution < 1.29 is 4.79 Å². The third kappa shape index (κ3) is 2.37. The first kappa shape index (κ1) is 15.7. The Morgan fingerprint density at radius 2 is 1.73 bits per heavy atom. The van der Waals surface area contributed by atoms with Crippen LogP contribution in [-0.2, 0) is 4.79 Å². The van der Waals surface area contributed by atoms with Gasteiger partial charge in [-0.3, -0.25) is 4.79 Å². The van der Waals surface area contributed by atoms with Crippen molar-refractivity contribution in [2.45, 2.75) is 25.3 Å². The van der Waals surface area contributed by atoms with Crippen LogP contribution in [0, 0.1) is 0 Å². The van der Waals surface area contributed by atoms with Crippen LogP contribution in [0.5, 0.6) is 0 Å². The Bertz CT molecular complexity index is 1070. The highest BCUT2D eigenvalue weighted by Gasteiger charge is 2.34. The number of benzene rings is 3. The molecule has 0 saturated heterocycles. The van der Waals surface area contributed by atoms with Crippen molar-refractivity contribution in [1.82, 2.24) is 0 Å². The summed E-state index contributed by atoms with van der Waals surface area (Å²) in [6, 6.07) is 20.4. The first-order chi connectivity index (χ1) is 12.7. The number of allylic oxidation sites excluding steroid dienone is 1. The van der Waals surface area contributed by atoms with Crippen LogP contribution in [0.25, 0.3) is 16.3 Å². The largest absolute Gasteiger partial charge is 0.373 e. The van der Waals surface area contributed by atoms with Crippen LogP contribution in [-0.4, -0.2) is 5.78 Å². The summed E-state index contributed by atoms with van der Waals surface area (Å²) >= 11 is 6.06. The summed E-state index contributed by atoms with van der Waals surface area (Å²) in [5.41, 5.74) is 5.54. The maximum absolute atomic E-state index is 12.9. The van der Waals surface area contributed by atoms with Crippen molar-refractivity contribution in [2.75, 3.05) is 5.32 Å². The Kier molecular flexibility index (Phi) is 3.61. The number of fused-ring (bicyclic) bond motifs is 4. The molecule has 1 atom stereocenters. The van der Waals surface area contributed by atoms with E-state index in [4.69, 9.17) is 11.6 Å². The Hall–Kier alpha value is -2.58. The van der Waals surface area contributed by atoms with Crippen LogP contribution in [0.1, 0.15) is 36.4 Å². The van der Waals surface area contributed by atoms with Crippen molar-refractivity contribution in [3.8, 4) is 0 Å². The molecule has 1 N–H and O–H groups in total. The molecule has 3 heteroatoms. The number of Topliss-reactive ketones (excluding diaryl/α,β-unsaturated/α-hetero) is 1. The molecule has 0 bridgehead atoms. The Morgan fingerprint density at radius 1 is 0.923 bits per heavy atom. The Balaban J connectivity index is 1.78. The van der Waals surface area contributed by atoms with Crippen molar-refractivity contribution >= 4 is 39.4 Å². The van der Waals surface area contributed by atoms with Crippen LogP contribution in [0.15, 0.2) is 66.2 Å². The molecule has 1 heterocycles. The zero-order chi connectivity index (χ0) is 17.7. The van der Waals surface area contributed by atoms with Crippen LogP contribution < -0.4 is 5.32 Å². The molecule has 0 aromatic heterocycles. The quantitative estimate of drug-likeness (QED) is 0.563. The zero-order valence-corrected chi connectivity index (χ0v) is 15.0. The number of halogens is 1. The van der Waals surface area contributed by atoms with E-state index in [1.807, 2.05) is 24.3 Å². The number of carbonyl (C=O) groups is 1. The molecule has 26 heavy (non-hydrogen) atoms. The van der Waals surface area contributed by atoms with Gasteiger partial charge in [-0.25, -0.2) is 0 Å². The molecule has 2 aliphatic rings. The molecule has 1 aliphatic carbocycles. The molecule has 5 rings (SSSR count). The summed E-state index contributed by atoms with van der Waals surface area (Å²) in [4.78, 5) is 12.9. The summed E-state index contributed by atoms with van der Waals surface area (Å²) in [5, 5.41) is 6.77. The lowest BCUT2D eigenvalue weighted by atomic mass is 9.77. The number of hydrogen-bond acceptors (Lipinski definition) is 2. The van der Waals surface area contributed by atoms with Crippen LogP contribution in [0.3, 0.4) is 0 Å². The molecule has 0 spiro atoms. The number of hydrogen-bond donors (Lipinski definition) is 1. The molecular weight excluding hydrogens is 342 g/mol. The van der Waals surface area contributed by atoms with E-state index in [1.54, 1.807) is 0 Å². The standard InChI is InChI=1S/C23H18ClNO/c24-16-11-8-15(9-12-16)23-22-18(6-3-7-20(22)26)21-17-5-2-1-4-14(17)10-13-19(21)25-23/h1-2,4-5,8-13,23,25H,3,6-7H2/t23-/m1/s1. The van der Waals surface area contributed by atoms with Gasteiger partial charge in [-0.1, -0.05) is 54.1 Å². The third-order valence-corrected chi connectivity index (χ3v) is 5.73. The van der Waals surface area contributed by atoms with E-state index < -0.39 is 0 Å². The molecule has 0 radical (unpaired) electrons. The van der Waals surface area contributed by atoms with Gasteiger partial charge in [0.2, 0.25) is 0 Å². The highest BCUT2D eigenvalue weighted by atomic mass is 35.5. The molecule has 0 saturated carbocycles. The summed E-state index contributed by atoms with van der Waals surface area (Å²) in [7, 11) is 0. The van der Waals surface area contributed by atoms with Gasteiger partial charge in [-0.15, -0.1) is 0 Å². The number of rotatable bonds is 1. The minimum atomic E-state index is -0.108. The second kappa shape index (κ2) is 6.00. The van der Waals surface area contributed by atoms with Gasteiger partial charge in [-0.05, 0) is 52.9 Å². The third-order valence-electron chi connectivity index (χ3n) is 5.48. The van der Waals surface area contributed by atoms with Gasteiger partial charge in [0.15, 0.2) is 5.78 Å². The molecule has 0 unspecified atom stereocenters. The molecular formula is C23H18ClNO. The van der Waals surface area contributed by atoms with Gasteiger partial charge in [0.25, 0.3) is 0 Å². The molecule has 3 aromatic carbocycles. The predicted molar refractivity (Wildman–Crippen MR) is 108 cm³/mol. The van der Waals surface area contributed by atoms with E-state index in [1.165, 1.54) is 21.9 Å². The number of anilines is 1. The fourth-order valence-corrected chi connectivity index (χ4v) is 4.43. The fraction of sp³-hybridized carbons (Fsp3) is 0.174. The molecule has 0 fully saturated rings. The minimum absolute atomic E-state index is 0.108. The van der Waals surface area contributed by atoms with E-state index in [-0.39, 0.29) is 11.8 Å². The summed E-state index contributed by atoms with van der Waals surface area (Å²) < 4.78 is 0. The number of nitrogens with one attached hydrogen (secondary N) is 1.